The van der Waals surface area contributed by atoms with E-state index in [0.717, 1.165) is 0 Å². The summed E-state index contributed by atoms with van der Waals surface area (Å²) in [5, 5.41) is 12.5. The average molecular weight is 365 g/mol. The van der Waals surface area contributed by atoms with E-state index in [9.17, 15) is 14.7 Å². The Hall–Kier alpha value is -2.61. The van der Waals surface area contributed by atoms with Crippen molar-refractivity contribution >= 4 is 40.3 Å². The highest BCUT2D eigenvalue weighted by Gasteiger charge is 2.43. The summed E-state index contributed by atoms with van der Waals surface area (Å²) >= 11 is 6.16. The molecular weight excluding hydrogens is 348 g/mol. The van der Waals surface area contributed by atoms with Gasteiger partial charge in [0.1, 0.15) is 29.4 Å². The summed E-state index contributed by atoms with van der Waals surface area (Å²) in [4.78, 5) is 37.9. The average Bonchev–Trinajstić information content (AvgIpc) is 3.04. The molecular formula is C16H17ClN4O4. The highest BCUT2D eigenvalue weighted by molar-refractivity contribution is 6.35. The van der Waals surface area contributed by atoms with Crippen LogP contribution < -0.4 is 10.2 Å². The van der Waals surface area contributed by atoms with Crippen LogP contribution in [0.15, 0.2) is 17.3 Å². The molecule has 3 heterocycles. The molecule has 0 radical (unpaired) electrons. The molecule has 0 fully saturated rings. The lowest BCUT2D eigenvalue weighted by molar-refractivity contribution is -0.124. The summed E-state index contributed by atoms with van der Waals surface area (Å²) < 4.78 is 1.33. The van der Waals surface area contributed by atoms with Gasteiger partial charge in [0.25, 0.3) is 5.91 Å². The van der Waals surface area contributed by atoms with Crippen LogP contribution in [0.5, 0.6) is 0 Å². The maximum absolute atomic E-state index is 12.3. The van der Waals surface area contributed by atoms with Crippen LogP contribution in [0.4, 0.5) is 0 Å². The van der Waals surface area contributed by atoms with Gasteiger partial charge in [-0.15, -0.1) is 0 Å². The molecule has 0 saturated carbocycles. The number of aromatic carboxylic acids is 1. The topological polar surface area (TPSA) is 106 Å². The lowest BCUT2D eigenvalue weighted by atomic mass is 9.89. The minimum atomic E-state index is -1.19. The Bertz CT molecular complexity index is 934. The number of nitrogens with one attached hydrogen (secondary N) is 1. The van der Waals surface area contributed by atoms with Crippen molar-refractivity contribution in [2.75, 3.05) is 7.11 Å². The summed E-state index contributed by atoms with van der Waals surface area (Å²) in [6.45, 7) is 5.44. The van der Waals surface area contributed by atoms with Crippen LogP contribution in [-0.2, 0) is 4.79 Å². The van der Waals surface area contributed by atoms with Crippen LogP contribution in [-0.4, -0.2) is 45.2 Å². The number of nitrogens with zero attached hydrogens (tertiary/aromatic N) is 3. The molecule has 25 heavy (non-hydrogen) atoms. The van der Waals surface area contributed by atoms with Gasteiger partial charge in [0.2, 0.25) is 0 Å². The lowest BCUT2D eigenvalue weighted by Gasteiger charge is -2.21. The fourth-order valence-electron chi connectivity index (χ4n) is 2.62. The van der Waals surface area contributed by atoms with E-state index in [1.54, 1.807) is 6.92 Å². The minimum absolute atomic E-state index is 0.0634. The molecule has 132 valence electrons. The molecule has 1 unspecified atom stereocenters. The van der Waals surface area contributed by atoms with Crippen molar-refractivity contribution in [1.29, 1.82) is 0 Å². The van der Waals surface area contributed by atoms with E-state index in [1.165, 1.54) is 24.1 Å². The minimum Gasteiger partial charge on any atom is -0.478 e. The summed E-state index contributed by atoms with van der Waals surface area (Å²) in [5.74, 6) is -1.43. The zero-order chi connectivity index (χ0) is 18.5. The number of halogens is 1. The SMILES string of the molecule is COn1cc(Cl)c2nc(C3=NC(C)(C(C)C)C(=O)N3)c(C(=O)O)cc21. The third kappa shape index (κ3) is 2.53. The Labute approximate surface area is 148 Å². The largest absolute Gasteiger partial charge is 0.478 e. The number of carboxylic acid groups (broad SMARTS) is 1. The molecule has 2 aromatic heterocycles. The van der Waals surface area contributed by atoms with Gasteiger partial charge < -0.3 is 15.3 Å². The number of pyridine rings is 1. The van der Waals surface area contributed by atoms with Crippen molar-refractivity contribution in [2.45, 2.75) is 26.3 Å². The molecule has 0 aliphatic carbocycles. The van der Waals surface area contributed by atoms with Gasteiger partial charge in [-0.1, -0.05) is 25.4 Å². The van der Waals surface area contributed by atoms with Crippen molar-refractivity contribution in [3.8, 4) is 0 Å². The second kappa shape index (κ2) is 5.73. The van der Waals surface area contributed by atoms with Gasteiger partial charge in [0, 0.05) is 0 Å². The Kier molecular flexibility index (Phi) is 3.95. The number of hydrogen-bond donors (Lipinski definition) is 2. The number of carboxylic acids is 1. The Morgan fingerprint density at radius 2 is 2.16 bits per heavy atom. The monoisotopic (exact) mass is 364 g/mol. The number of rotatable bonds is 4. The van der Waals surface area contributed by atoms with Gasteiger partial charge in [0.05, 0.1) is 16.8 Å². The van der Waals surface area contributed by atoms with Crippen molar-refractivity contribution in [1.82, 2.24) is 15.0 Å². The first-order chi connectivity index (χ1) is 11.7. The smallest absolute Gasteiger partial charge is 0.338 e. The fraction of sp³-hybridized carbons (Fsp3) is 0.375. The highest BCUT2D eigenvalue weighted by atomic mass is 35.5. The molecule has 1 aliphatic heterocycles. The normalized spacial score (nSPS) is 20.1. The number of aromatic nitrogens is 2. The quantitative estimate of drug-likeness (QED) is 0.859. The van der Waals surface area contributed by atoms with E-state index < -0.39 is 11.5 Å². The first kappa shape index (κ1) is 17.2. The van der Waals surface area contributed by atoms with Crippen LogP contribution in [0.1, 0.15) is 36.8 Å². The molecule has 3 rings (SSSR count). The maximum atomic E-state index is 12.3. The molecule has 0 spiro atoms. The maximum Gasteiger partial charge on any atom is 0.338 e. The van der Waals surface area contributed by atoms with Gasteiger partial charge in [-0.2, -0.15) is 4.73 Å². The molecule has 1 atom stereocenters. The number of amidine groups is 1. The molecule has 0 bridgehead atoms. The molecule has 2 aromatic rings. The second-order valence-corrected chi connectivity index (χ2v) is 6.67. The number of fused-ring (bicyclic) bond motifs is 1. The van der Waals surface area contributed by atoms with Crippen molar-refractivity contribution in [3.63, 3.8) is 0 Å². The lowest BCUT2D eigenvalue weighted by Crippen LogP contribution is -2.41. The van der Waals surface area contributed by atoms with Crippen LogP contribution >= 0.6 is 11.6 Å². The number of carbonyl (C=O) groups is 2. The van der Waals surface area contributed by atoms with Crippen LogP contribution in [0.3, 0.4) is 0 Å². The van der Waals surface area contributed by atoms with Crippen molar-refractivity contribution < 1.29 is 19.5 Å². The first-order valence-electron chi connectivity index (χ1n) is 7.60. The molecule has 0 saturated heterocycles. The highest BCUT2D eigenvalue weighted by Crippen LogP contribution is 2.30. The van der Waals surface area contributed by atoms with E-state index in [1.807, 2.05) is 13.8 Å². The molecule has 1 aliphatic rings. The van der Waals surface area contributed by atoms with Gasteiger partial charge in [-0.25, -0.2) is 14.8 Å². The van der Waals surface area contributed by atoms with Crippen LogP contribution in [0, 0.1) is 5.92 Å². The second-order valence-electron chi connectivity index (χ2n) is 6.26. The Morgan fingerprint density at radius 1 is 1.48 bits per heavy atom. The van der Waals surface area contributed by atoms with E-state index in [0.29, 0.717) is 16.1 Å². The van der Waals surface area contributed by atoms with Gasteiger partial charge in [0.15, 0.2) is 5.84 Å². The fourth-order valence-corrected chi connectivity index (χ4v) is 2.85. The zero-order valence-corrected chi connectivity index (χ0v) is 14.9. The molecule has 2 N–H and O–H groups in total. The number of amides is 1. The Morgan fingerprint density at radius 3 is 2.68 bits per heavy atom. The molecule has 0 aromatic carbocycles. The van der Waals surface area contributed by atoms with E-state index in [4.69, 9.17) is 16.4 Å². The molecule has 8 nitrogen and oxygen atoms in total. The van der Waals surface area contributed by atoms with Crippen molar-refractivity contribution in [2.24, 2.45) is 10.9 Å². The van der Waals surface area contributed by atoms with E-state index >= 15 is 0 Å². The summed E-state index contributed by atoms with van der Waals surface area (Å²) in [6, 6.07) is 1.40. The summed E-state index contributed by atoms with van der Waals surface area (Å²) in [7, 11) is 1.43. The van der Waals surface area contributed by atoms with Crippen molar-refractivity contribution in [3.05, 3.63) is 28.5 Å². The van der Waals surface area contributed by atoms with Crippen LogP contribution in [0.2, 0.25) is 5.02 Å². The summed E-state index contributed by atoms with van der Waals surface area (Å²) in [6.07, 6.45) is 1.49. The van der Waals surface area contributed by atoms with Gasteiger partial charge >= 0.3 is 5.97 Å². The zero-order valence-electron chi connectivity index (χ0n) is 14.1. The predicted octanol–water partition coefficient (Wildman–Crippen LogP) is 1.74. The number of aliphatic imine (C=N–C) groups is 1. The van der Waals surface area contributed by atoms with Crippen LogP contribution in [0.25, 0.3) is 11.0 Å². The van der Waals surface area contributed by atoms with E-state index in [2.05, 4.69) is 15.3 Å². The van der Waals surface area contributed by atoms with Gasteiger partial charge in [-0.05, 0) is 18.9 Å². The molecule has 9 heteroatoms. The third-order valence-electron chi connectivity index (χ3n) is 4.51. The number of carbonyl (C=O) groups excluding carboxylic acids is 1. The standard InChI is InChI=1S/C16H17ClN4O4/c1-7(2)16(3)15(24)19-13(20-16)11-8(14(22)23)5-10-12(18-11)9(17)6-21(10)25-4/h5-7H,1-4H3,(H,22,23)(H,19,20,24). The Balaban J connectivity index is 2.26. The molecule has 1 amide bonds. The predicted molar refractivity (Wildman–Crippen MR) is 92.1 cm³/mol. The summed E-state index contributed by atoms with van der Waals surface area (Å²) in [5.41, 5.74) is -0.255. The third-order valence-corrected chi connectivity index (χ3v) is 4.78. The van der Waals surface area contributed by atoms with Gasteiger partial charge in [-0.3, -0.25) is 4.79 Å². The van der Waals surface area contributed by atoms with E-state index in [-0.39, 0.29) is 28.9 Å². The first-order valence-corrected chi connectivity index (χ1v) is 7.98. The number of hydrogen-bond acceptors (Lipinski definition) is 5.